The molecule has 0 saturated heterocycles. The number of hydrogen-bond acceptors (Lipinski definition) is 4. The third kappa shape index (κ3) is 2.92. The summed E-state index contributed by atoms with van der Waals surface area (Å²) in [7, 11) is 0. The zero-order valence-corrected chi connectivity index (χ0v) is 14.7. The van der Waals surface area contributed by atoms with Crippen LogP contribution in [0.4, 0.5) is 17.2 Å². The van der Waals surface area contributed by atoms with Gasteiger partial charge in [0.25, 0.3) is 5.91 Å². The minimum absolute atomic E-state index is 0.100. The van der Waals surface area contributed by atoms with Crippen LogP contribution in [-0.2, 0) is 6.42 Å². The minimum Gasteiger partial charge on any atom is -0.325 e. The van der Waals surface area contributed by atoms with Crippen LogP contribution in [0, 0.1) is 0 Å². The van der Waals surface area contributed by atoms with Gasteiger partial charge in [0.15, 0.2) is 11.5 Å². The van der Waals surface area contributed by atoms with Gasteiger partial charge >= 0.3 is 0 Å². The van der Waals surface area contributed by atoms with E-state index in [4.69, 9.17) is 0 Å². The van der Waals surface area contributed by atoms with Crippen LogP contribution in [0.5, 0.6) is 0 Å². The molecule has 130 valence electrons. The fraction of sp³-hybridized carbons (Fsp3) is 0.190. The van der Waals surface area contributed by atoms with Crippen molar-refractivity contribution in [3.63, 3.8) is 0 Å². The second-order valence-corrected chi connectivity index (χ2v) is 6.19. The highest BCUT2D eigenvalue weighted by atomic mass is 16.2. The monoisotopic (exact) mass is 344 g/mol. The lowest BCUT2D eigenvalue weighted by atomic mass is 10.2. The van der Waals surface area contributed by atoms with E-state index >= 15 is 0 Å². The van der Waals surface area contributed by atoms with Crippen molar-refractivity contribution in [3.05, 3.63) is 78.0 Å². The molecule has 0 aliphatic carbocycles. The summed E-state index contributed by atoms with van der Waals surface area (Å²) in [5, 5.41) is 8.51. The first-order chi connectivity index (χ1) is 12.8. The molecule has 5 nitrogen and oxygen atoms in total. The molecule has 0 unspecified atom stereocenters. The zero-order valence-electron chi connectivity index (χ0n) is 14.7. The summed E-state index contributed by atoms with van der Waals surface area (Å²) in [4.78, 5) is 16.7. The summed E-state index contributed by atoms with van der Waals surface area (Å²) in [6.07, 6.45) is 0.880. The summed E-state index contributed by atoms with van der Waals surface area (Å²) in [6, 6.07) is 21.7. The number of anilines is 3. The SMILES string of the molecule is CCN(c1ccccc1)c1ccc(C(=O)N2CCc3ccccc32)nn1. The first kappa shape index (κ1) is 16.3. The van der Waals surface area contributed by atoms with E-state index in [9.17, 15) is 4.79 Å². The van der Waals surface area contributed by atoms with E-state index in [1.807, 2.05) is 54.6 Å². The van der Waals surface area contributed by atoms with Crippen LogP contribution in [0.25, 0.3) is 0 Å². The Morgan fingerprint density at radius 3 is 2.50 bits per heavy atom. The average molecular weight is 344 g/mol. The maximum Gasteiger partial charge on any atom is 0.278 e. The number of carbonyl (C=O) groups excluding carboxylic acids is 1. The Balaban J connectivity index is 1.57. The lowest BCUT2D eigenvalue weighted by molar-refractivity contribution is 0.0983. The predicted molar refractivity (Wildman–Crippen MR) is 103 cm³/mol. The predicted octanol–water partition coefficient (Wildman–Crippen LogP) is 3.84. The Hall–Kier alpha value is -3.21. The standard InChI is InChI=1S/C21H20N4O/c1-2-24(17-9-4-3-5-10-17)20-13-12-18(22-23-20)21(26)25-15-14-16-8-6-7-11-19(16)25/h3-13H,2,14-15H2,1H3. The van der Waals surface area contributed by atoms with Crippen LogP contribution in [-0.4, -0.2) is 29.2 Å². The fourth-order valence-corrected chi connectivity index (χ4v) is 3.36. The smallest absolute Gasteiger partial charge is 0.278 e. The van der Waals surface area contributed by atoms with E-state index in [0.29, 0.717) is 12.2 Å². The number of aromatic nitrogens is 2. The summed E-state index contributed by atoms with van der Waals surface area (Å²) in [5.41, 5.74) is 3.60. The number of rotatable bonds is 4. The van der Waals surface area contributed by atoms with Gasteiger partial charge in [0.05, 0.1) is 0 Å². The van der Waals surface area contributed by atoms with Crippen molar-refractivity contribution < 1.29 is 4.79 Å². The summed E-state index contributed by atoms with van der Waals surface area (Å²) in [5.74, 6) is 0.633. The van der Waals surface area contributed by atoms with E-state index in [0.717, 1.165) is 30.2 Å². The molecule has 0 atom stereocenters. The fourth-order valence-electron chi connectivity index (χ4n) is 3.36. The molecule has 3 aromatic rings. The number of carbonyl (C=O) groups is 1. The van der Waals surface area contributed by atoms with Gasteiger partial charge in [-0.25, -0.2) is 0 Å². The van der Waals surface area contributed by atoms with Crippen molar-refractivity contribution in [3.8, 4) is 0 Å². The van der Waals surface area contributed by atoms with Gasteiger partial charge in [-0.3, -0.25) is 4.79 Å². The van der Waals surface area contributed by atoms with Crippen molar-refractivity contribution >= 4 is 23.1 Å². The van der Waals surface area contributed by atoms with Crippen molar-refractivity contribution in [2.75, 3.05) is 22.9 Å². The van der Waals surface area contributed by atoms with E-state index in [1.54, 1.807) is 11.0 Å². The van der Waals surface area contributed by atoms with Gasteiger partial charge in [-0.15, -0.1) is 10.2 Å². The number of para-hydroxylation sites is 2. The first-order valence-electron chi connectivity index (χ1n) is 8.84. The molecular formula is C21H20N4O. The number of benzene rings is 2. The number of hydrogen-bond donors (Lipinski definition) is 0. The highest BCUT2D eigenvalue weighted by Crippen LogP contribution is 2.29. The van der Waals surface area contributed by atoms with E-state index < -0.39 is 0 Å². The molecule has 1 aliphatic rings. The Morgan fingerprint density at radius 1 is 1.00 bits per heavy atom. The lowest BCUT2D eigenvalue weighted by Crippen LogP contribution is -2.30. The molecule has 0 fully saturated rings. The maximum atomic E-state index is 12.8. The Kier molecular flexibility index (Phi) is 4.35. The minimum atomic E-state index is -0.100. The van der Waals surface area contributed by atoms with Crippen LogP contribution >= 0.6 is 0 Å². The highest BCUT2D eigenvalue weighted by molar-refractivity contribution is 6.06. The van der Waals surface area contributed by atoms with Gasteiger partial charge in [0.1, 0.15) is 0 Å². The Bertz CT molecular complexity index is 909. The second-order valence-electron chi connectivity index (χ2n) is 6.19. The van der Waals surface area contributed by atoms with Gasteiger partial charge in [0, 0.05) is 24.5 Å². The summed E-state index contributed by atoms with van der Waals surface area (Å²) in [6.45, 7) is 3.52. The largest absolute Gasteiger partial charge is 0.325 e. The van der Waals surface area contributed by atoms with Crippen LogP contribution in [0.2, 0.25) is 0 Å². The molecule has 1 amide bonds. The summed E-state index contributed by atoms with van der Waals surface area (Å²) < 4.78 is 0. The van der Waals surface area contributed by atoms with Crippen molar-refractivity contribution in [1.82, 2.24) is 10.2 Å². The van der Waals surface area contributed by atoms with Gasteiger partial charge in [-0.2, -0.15) is 0 Å². The van der Waals surface area contributed by atoms with Crippen molar-refractivity contribution in [2.45, 2.75) is 13.3 Å². The van der Waals surface area contributed by atoms with E-state index in [-0.39, 0.29) is 5.91 Å². The topological polar surface area (TPSA) is 49.3 Å². The number of amides is 1. The summed E-state index contributed by atoms with van der Waals surface area (Å²) >= 11 is 0. The Labute approximate surface area is 152 Å². The third-order valence-corrected chi connectivity index (χ3v) is 4.66. The lowest BCUT2D eigenvalue weighted by Gasteiger charge is -2.22. The van der Waals surface area contributed by atoms with Gasteiger partial charge in [-0.05, 0) is 49.2 Å². The van der Waals surface area contributed by atoms with Crippen LogP contribution in [0.3, 0.4) is 0 Å². The molecular weight excluding hydrogens is 324 g/mol. The van der Waals surface area contributed by atoms with Crippen molar-refractivity contribution in [1.29, 1.82) is 0 Å². The molecule has 2 aromatic carbocycles. The van der Waals surface area contributed by atoms with Crippen LogP contribution in [0.15, 0.2) is 66.7 Å². The number of nitrogens with zero attached hydrogens (tertiary/aromatic N) is 4. The molecule has 1 aliphatic heterocycles. The molecule has 1 aromatic heterocycles. The zero-order chi connectivity index (χ0) is 17.9. The molecule has 2 heterocycles. The molecule has 0 spiro atoms. The molecule has 0 N–H and O–H groups in total. The third-order valence-electron chi connectivity index (χ3n) is 4.66. The molecule has 0 bridgehead atoms. The van der Waals surface area contributed by atoms with Crippen molar-refractivity contribution in [2.24, 2.45) is 0 Å². The molecule has 4 rings (SSSR count). The van der Waals surface area contributed by atoms with Crippen LogP contribution in [0.1, 0.15) is 23.0 Å². The molecule has 5 heteroatoms. The first-order valence-corrected chi connectivity index (χ1v) is 8.84. The average Bonchev–Trinajstić information content (AvgIpc) is 3.13. The van der Waals surface area contributed by atoms with Gasteiger partial charge in [0.2, 0.25) is 0 Å². The number of fused-ring (bicyclic) bond motifs is 1. The highest BCUT2D eigenvalue weighted by Gasteiger charge is 2.26. The van der Waals surface area contributed by atoms with E-state index in [1.165, 1.54) is 5.56 Å². The van der Waals surface area contributed by atoms with E-state index in [2.05, 4.69) is 28.1 Å². The van der Waals surface area contributed by atoms with Crippen LogP contribution < -0.4 is 9.80 Å². The Morgan fingerprint density at radius 2 is 1.77 bits per heavy atom. The molecule has 0 radical (unpaired) electrons. The second kappa shape index (κ2) is 6.96. The maximum absolute atomic E-state index is 12.8. The van der Waals surface area contributed by atoms with Gasteiger partial charge < -0.3 is 9.80 Å². The quantitative estimate of drug-likeness (QED) is 0.721. The van der Waals surface area contributed by atoms with Gasteiger partial charge in [-0.1, -0.05) is 36.4 Å². The molecule has 0 saturated carbocycles. The molecule has 26 heavy (non-hydrogen) atoms. The normalized spacial score (nSPS) is 12.7.